The van der Waals surface area contributed by atoms with Crippen molar-refractivity contribution in [1.29, 1.82) is 0 Å². The zero-order valence-corrected chi connectivity index (χ0v) is 10.5. The van der Waals surface area contributed by atoms with Crippen molar-refractivity contribution in [1.82, 2.24) is 0 Å². The van der Waals surface area contributed by atoms with Crippen LogP contribution in [0.25, 0.3) is 10.1 Å². The molecule has 0 aliphatic carbocycles. The standard InChI is InChI=1S/C9H7IOS2/c10-7-4-13-9-6(7)1-5(3-11)2-8(9)12/h1-2,4,11-12H,3H2. The molecule has 4 heteroatoms. The molecule has 0 unspecified atom stereocenters. The van der Waals surface area contributed by atoms with Gasteiger partial charge >= 0.3 is 0 Å². The van der Waals surface area contributed by atoms with Crippen LogP contribution in [0.1, 0.15) is 5.56 Å². The average molecular weight is 322 g/mol. The average Bonchev–Trinajstić information content (AvgIpc) is 2.48. The summed E-state index contributed by atoms with van der Waals surface area (Å²) in [6.07, 6.45) is 0. The van der Waals surface area contributed by atoms with Crippen LogP contribution >= 0.6 is 46.6 Å². The highest BCUT2D eigenvalue weighted by molar-refractivity contribution is 14.1. The van der Waals surface area contributed by atoms with Crippen LogP contribution in [0.15, 0.2) is 22.4 Å². The number of hydrogen-bond acceptors (Lipinski definition) is 3. The summed E-state index contributed by atoms with van der Waals surface area (Å²) in [6, 6.07) is 3.94. The van der Waals surface area contributed by atoms with E-state index < -0.39 is 0 Å². The van der Waals surface area contributed by atoms with Crippen molar-refractivity contribution in [2.75, 3.05) is 0 Å². The predicted octanol–water partition coefficient (Wildman–Crippen LogP) is 3.29. The number of aliphatic hydroxyl groups excluding tert-OH is 1. The van der Waals surface area contributed by atoms with E-state index in [4.69, 9.17) is 5.11 Å². The molecule has 0 aliphatic rings. The van der Waals surface area contributed by atoms with Crippen LogP contribution in [0, 0.1) is 3.57 Å². The Morgan fingerprint density at radius 2 is 2.23 bits per heavy atom. The molecule has 68 valence electrons. The van der Waals surface area contributed by atoms with Gasteiger partial charge in [0.1, 0.15) is 0 Å². The third kappa shape index (κ3) is 1.72. The molecule has 0 radical (unpaired) electrons. The third-order valence-corrected chi connectivity index (χ3v) is 4.70. The van der Waals surface area contributed by atoms with E-state index in [1.165, 1.54) is 13.7 Å². The number of aliphatic hydroxyl groups is 1. The Kier molecular flexibility index (Phi) is 2.83. The Bertz CT molecular complexity index is 450. The molecule has 2 aromatic rings. The van der Waals surface area contributed by atoms with Crippen LogP contribution in [0.2, 0.25) is 0 Å². The molecule has 0 amide bonds. The Balaban J connectivity index is 2.80. The van der Waals surface area contributed by atoms with Crippen LogP contribution < -0.4 is 0 Å². The first kappa shape index (κ1) is 9.76. The summed E-state index contributed by atoms with van der Waals surface area (Å²) in [4.78, 5) is 0.953. The van der Waals surface area contributed by atoms with Gasteiger partial charge in [0.25, 0.3) is 0 Å². The van der Waals surface area contributed by atoms with Crippen molar-refractivity contribution in [3.63, 3.8) is 0 Å². The fourth-order valence-corrected chi connectivity index (χ4v) is 3.50. The van der Waals surface area contributed by atoms with Crippen molar-refractivity contribution >= 4 is 56.6 Å². The number of benzene rings is 1. The van der Waals surface area contributed by atoms with E-state index in [2.05, 4.69) is 40.6 Å². The highest BCUT2D eigenvalue weighted by Crippen LogP contribution is 2.33. The molecular weight excluding hydrogens is 315 g/mol. The fraction of sp³-hybridized carbons (Fsp3) is 0.111. The number of rotatable bonds is 1. The maximum Gasteiger partial charge on any atom is 0.0682 e. The van der Waals surface area contributed by atoms with Gasteiger partial charge in [-0.15, -0.1) is 24.0 Å². The molecule has 1 aromatic heterocycles. The SMILES string of the molecule is OCc1cc(S)c2scc(I)c2c1. The van der Waals surface area contributed by atoms with Gasteiger partial charge in [-0.25, -0.2) is 0 Å². The lowest BCUT2D eigenvalue weighted by Crippen LogP contribution is -1.83. The first-order chi connectivity index (χ1) is 6.22. The van der Waals surface area contributed by atoms with Crippen LogP contribution in [-0.2, 0) is 6.61 Å². The molecular formula is C9H7IOS2. The largest absolute Gasteiger partial charge is 0.392 e. The van der Waals surface area contributed by atoms with Gasteiger partial charge in [-0.3, -0.25) is 0 Å². The molecule has 1 N–H and O–H groups in total. The van der Waals surface area contributed by atoms with Crippen molar-refractivity contribution in [3.8, 4) is 0 Å². The number of hydrogen-bond donors (Lipinski definition) is 2. The lowest BCUT2D eigenvalue weighted by molar-refractivity contribution is 0.282. The summed E-state index contributed by atoms with van der Waals surface area (Å²) in [5, 5.41) is 12.3. The monoisotopic (exact) mass is 322 g/mol. The lowest BCUT2D eigenvalue weighted by atomic mass is 10.2. The second-order valence-electron chi connectivity index (χ2n) is 2.73. The highest BCUT2D eigenvalue weighted by Gasteiger charge is 2.05. The van der Waals surface area contributed by atoms with Gasteiger partial charge in [-0.05, 0) is 40.3 Å². The normalized spacial score (nSPS) is 11.0. The molecule has 0 saturated heterocycles. The summed E-state index contributed by atoms with van der Waals surface area (Å²) < 4.78 is 2.42. The smallest absolute Gasteiger partial charge is 0.0682 e. The zero-order valence-electron chi connectivity index (χ0n) is 6.62. The number of fused-ring (bicyclic) bond motifs is 1. The molecule has 0 fully saturated rings. The molecule has 0 spiro atoms. The van der Waals surface area contributed by atoms with Crippen molar-refractivity contribution in [2.24, 2.45) is 0 Å². The minimum atomic E-state index is 0.0788. The molecule has 0 saturated carbocycles. The molecule has 0 atom stereocenters. The molecule has 13 heavy (non-hydrogen) atoms. The molecule has 0 bridgehead atoms. The van der Waals surface area contributed by atoms with Gasteiger partial charge in [0.2, 0.25) is 0 Å². The molecule has 1 nitrogen and oxygen atoms in total. The van der Waals surface area contributed by atoms with Gasteiger partial charge in [-0.2, -0.15) is 0 Å². The van der Waals surface area contributed by atoms with Crippen LogP contribution in [0.4, 0.5) is 0 Å². The summed E-state index contributed by atoms with van der Waals surface area (Å²) in [7, 11) is 0. The first-order valence-corrected chi connectivity index (χ1v) is 6.12. The van der Waals surface area contributed by atoms with E-state index in [1.807, 2.05) is 12.1 Å². The summed E-state index contributed by atoms with van der Waals surface area (Å²) in [5.41, 5.74) is 0.925. The topological polar surface area (TPSA) is 20.2 Å². The Labute approximate surface area is 99.3 Å². The predicted molar refractivity (Wildman–Crippen MR) is 67.7 cm³/mol. The lowest BCUT2D eigenvalue weighted by Gasteiger charge is -2.00. The van der Waals surface area contributed by atoms with Gasteiger partial charge in [0, 0.05) is 23.9 Å². The molecule has 1 heterocycles. The van der Waals surface area contributed by atoms with Crippen LogP contribution in [0.5, 0.6) is 0 Å². The number of thiophene rings is 1. The second kappa shape index (κ2) is 3.76. The summed E-state index contributed by atoms with van der Waals surface area (Å²) in [5.74, 6) is 0. The van der Waals surface area contributed by atoms with Gasteiger partial charge < -0.3 is 5.11 Å². The molecule has 0 aliphatic heterocycles. The first-order valence-electron chi connectivity index (χ1n) is 3.72. The second-order valence-corrected chi connectivity index (χ2v) is 5.26. The van der Waals surface area contributed by atoms with Gasteiger partial charge in [0.15, 0.2) is 0 Å². The number of halogens is 1. The quantitative estimate of drug-likeness (QED) is 0.610. The van der Waals surface area contributed by atoms with E-state index in [0.717, 1.165) is 10.5 Å². The molecule has 1 aromatic carbocycles. The van der Waals surface area contributed by atoms with E-state index in [1.54, 1.807) is 11.3 Å². The Morgan fingerprint density at radius 1 is 1.46 bits per heavy atom. The van der Waals surface area contributed by atoms with Gasteiger partial charge in [0.05, 0.1) is 6.61 Å². The highest BCUT2D eigenvalue weighted by atomic mass is 127. The van der Waals surface area contributed by atoms with E-state index in [9.17, 15) is 0 Å². The summed E-state index contributed by atoms with van der Waals surface area (Å²) >= 11 is 8.38. The van der Waals surface area contributed by atoms with Crippen molar-refractivity contribution in [3.05, 3.63) is 26.6 Å². The zero-order chi connectivity index (χ0) is 9.42. The maximum atomic E-state index is 9.02. The minimum absolute atomic E-state index is 0.0788. The van der Waals surface area contributed by atoms with Gasteiger partial charge in [-0.1, -0.05) is 0 Å². The van der Waals surface area contributed by atoms with Crippen molar-refractivity contribution in [2.45, 2.75) is 11.5 Å². The van der Waals surface area contributed by atoms with E-state index in [0.29, 0.717) is 0 Å². The Morgan fingerprint density at radius 3 is 2.92 bits per heavy atom. The third-order valence-electron chi connectivity index (χ3n) is 1.85. The van der Waals surface area contributed by atoms with E-state index in [-0.39, 0.29) is 6.61 Å². The number of thiol groups is 1. The van der Waals surface area contributed by atoms with E-state index >= 15 is 0 Å². The van der Waals surface area contributed by atoms with Crippen LogP contribution in [-0.4, -0.2) is 5.11 Å². The van der Waals surface area contributed by atoms with Crippen molar-refractivity contribution < 1.29 is 5.11 Å². The summed E-state index contributed by atoms with van der Waals surface area (Å²) in [6.45, 7) is 0.0788. The molecule has 2 rings (SSSR count). The maximum absolute atomic E-state index is 9.02. The van der Waals surface area contributed by atoms with Crippen LogP contribution in [0.3, 0.4) is 0 Å². The fourth-order valence-electron chi connectivity index (χ4n) is 1.24. The minimum Gasteiger partial charge on any atom is -0.392 e. The Hall–Kier alpha value is 0.220.